The number of nitrogens with one attached hydrogen (secondary N) is 2. The number of carbonyl (C=O) groups excluding carboxylic acids is 3. The molecule has 40 heavy (non-hydrogen) atoms. The van der Waals surface area contributed by atoms with Gasteiger partial charge in [-0.05, 0) is 95.4 Å². The van der Waals surface area contributed by atoms with Crippen molar-refractivity contribution in [3.63, 3.8) is 0 Å². The highest BCUT2D eigenvalue weighted by molar-refractivity contribution is 6.00. The van der Waals surface area contributed by atoms with Crippen molar-refractivity contribution in [2.45, 2.75) is 106 Å². The van der Waals surface area contributed by atoms with Gasteiger partial charge in [-0.25, -0.2) is 4.79 Å². The first kappa shape index (κ1) is 31.2. The van der Waals surface area contributed by atoms with Gasteiger partial charge >= 0.3 is 6.09 Å². The van der Waals surface area contributed by atoms with E-state index in [9.17, 15) is 14.4 Å². The maximum absolute atomic E-state index is 14.5. The minimum Gasteiger partial charge on any atom is -0.444 e. The molecule has 3 amide bonds. The lowest BCUT2D eigenvalue weighted by molar-refractivity contribution is -0.142. The van der Waals surface area contributed by atoms with Gasteiger partial charge in [-0.15, -0.1) is 0 Å². The third-order valence-electron chi connectivity index (χ3n) is 7.35. The molecule has 1 aliphatic rings. The first-order chi connectivity index (χ1) is 18.6. The molecule has 0 heterocycles. The van der Waals surface area contributed by atoms with E-state index in [1.54, 1.807) is 25.7 Å². The Hall–Kier alpha value is -3.35. The smallest absolute Gasteiger partial charge is 0.408 e. The molecule has 0 aliphatic heterocycles. The van der Waals surface area contributed by atoms with E-state index in [1.165, 1.54) is 0 Å². The summed E-state index contributed by atoms with van der Waals surface area (Å²) in [4.78, 5) is 43.3. The van der Waals surface area contributed by atoms with Crippen molar-refractivity contribution in [3.05, 3.63) is 64.2 Å². The second-order valence-electron chi connectivity index (χ2n) is 12.9. The largest absolute Gasteiger partial charge is 0.444 e. The normalized spacial score (nSPS) is 18.1. The molecule has 7 nitrogen and oxygen atoms in total. The van der Waals surface area contributed by atoms with Crippen LogP contribution in [0, 0.1) is 39.5 Å². The Morgan fingerprint density at radius 1 is 1.00 bits per heavy atom. The number of aryl methyl sites for hydroxylation is 4. The lowest BCUT2D eigenvalue weighted by atomic mass is 9.94. The summed E-state index contributed by atoms with van der Waals surface area (Å²) in [6.45, 7) is 19.4. The molecule has 1 fully saturated rings. The van der Waals surface area contributed by atoms with Gasteiger partial charge in [0.1, 0.15) is 17.7 Å². The summed E-state index contributed by atoms with van der Waals surface area (Å²) in [6, 6.07) is 10.0. The number of carbonyl (C=O) groups is 3. The van der Waals surface area contributed by atoms with Crippen molar-refractivity contribution in [2.75, 3.05) is 5.32 Å². The molecule has 4 atom stereocenters. The predicted octanol–water partition coefficient (Wildman–Crippen LogP) is 6.78. The minimum atomic E-state index is -0.864. The van der Waals surface area contributed by atoms with Gasteiger partial charge in [0.15, 0.2) is 0 Å². The Bertz CT molecular complexity index is 1230. The zero-order chi connectivity index (χ0) is 29.9. The van der Waals surface area contributed by atoms with E-state index >= 15 is 0 Å². The van der Waals surface area contributed by atoms with Crippen LogP contribution in [0.1, 0.15) is 88.2 Å². The van der Waals surface area contributed by atoms with Crippen LogP contribution in [0.25, 0.3) is 0 Å². The monoisotopic (exact) mass is 549 g/mol. The van der Waals surface area contributed by atoms with Crippen LogP contribution in [0.5, 0.6) is 0 Å². The van der Waals surface area contributed by atoms with E-state index in [0.29, 0.717) is 6.42 Å². The highest BCUT2D eigenvalue weighted by Gasteiger charge is 2.48. The molecular formula is C33H47N3O4. The summed E-state index contributed by atoms with van der Waals surface area (Å²) in [5, 5.41) is 5.99. The van der Waals surface area contributed by atoms with Crippen molar-refractivity contribution < 1.29 is 19.1 Å². The fourth-order valence-electron chi connectivity index (χ4n) is 5.25. The van der Waals surface area contributed by atoms with Crippen molar-refractivity contribution in [2.24, 2.45) is 11.8 Å². The molecule has 2 aromatic rings. The second-order valence-corrected chi connectivity index (χ2v) is 12.9. The van der Waals surface area contributed by atoms with Crippen molar-refractivity contribution in [3.8, 4) is 0 Å². The van der Waals surface area contributed by atoms with Crippen LogP contribution in [0.15, 0.2) is 36.4 Å². The van der Waals surface area contributed by atoms with Gasteiger partial charge in [0.05, 0.1) is 0 Å². The number of hydrogen-bond acceptors (Lipinski definition) is 4. The van der Waals surface area contributed by atoms with Gasteiger partial charge in [-0.1, -0.05) is 62.7 Å². The highest BCUT2D eigenvalue weighted by atomic mass is 16.6. The van der Waals surface area contributed by atoms with Crippen LogP contribution in [-0.2, 0) is 14.3 Å². The maximum Gasteiger partial charge on any atom is 0.408 e. The first-order valence-corrected chi connectivity index (χ1v) is 14.3. The molecule has 1 saturated carbocycles. The first-order valence-electron chi connectivity index (χ1n) is 14.3. The second kappa shape index (κ2) is 12.4. The molecule has 0 aromatic heterocycles. The average Bonchev–Trinajstić information content (AvgIpc) is 3.53. The Balaban J connectivity index is 2.09. The Kier molecular flexibility index (Phi) is 9.70. The van der Waals surface area contributed by atoms with Crippen LogP contribution < -0.4 is 10.6 Å². The molecule has 218 valence electrons. The van der Waals surface area contributed by atoms with Crippen LogP contribution in [-0.4, -0.2) is 40.5 Å². The van der Waals surface area contributed by atoms with Crippen LogP contribution in [0.4, 0.5) is 10.5 Å². The number of amides is 3. The third-order valence-corrected chi connectivity index (χ3v) is 7.35. The van der Waals surface area contributed by atoms with E-state index in [4.69, 9.17) is 4.74 Å². The van der Waals surface area contributed by atoms with Gasteiger partial charge in [0, 0.05) is 11.7 Å². The standard InChI is InChI=1S/C33H47N3O4/c1-19(2)16-26(34-32(39)40-33(8,9)10)31(38)36(27-18-24(27)7)29(25-15-14-20(3)17-23(25)6)30(37)35-28-21(4)12-11-13-22(28)5/h11-15,17,19,24,26-27,29H,16,18H2,1-10H3,(H,34,39)(H,35,37). The van der Waals surface area contributed by atoms with E-state index in [1.807, 2.05) is 77.9 Å². The summed E-state index contributed by atoms with van der Waals surface area (Å²) in [5.74, 6) is -0.162. The Morgan fingerprint density at radius 2 is 1.60 bits per heavy atom. The number of para-hydroxylation sites is 1. The number of benzene rings is 2. The quantitative estimate of drug-likeness (QED) is 0.361. The minimum absolute atomic E-state index is 0.114. The molecule has 0 saturated heterocycles. The zero-order valence-corrected chi connectivity index (χ0v) is 25.8. The molecule has 2 aromatic carbocycles. The molecule has 7 heteroatoms. The molecule has 0 spiro atoms. The summed E-state index contributed by atoms with van der Waals surface area (Å²) in [5.41, 5.74) is 4.76. The van der Waals surface area contributed by atoms with Gasteiger partial charge in [0.25, 0.3) is 5.91 Å². The Morgan fingerprint density at radius 3 is 2.10 bits per heavy atom. The molecule has 3 rings (SSSR count). The van der Waals surface area contributed by atoms with Gasteiger partial charge in [-0.2, -0.15) is 0 Å². The lowest BCUT2D eigenvalue weighted by Gasteiger charge is -2.36. The van der Waals surface area contributed by atoms with Crippen LogP contribution in [0.2, 0.25) is 0 Å². The number of rotatable bonds is 9. The molecule has 4 unspecified atom stereocenters. The van der Waals surface area contributed by atoms with Gasteiger partial charge in [-0.3, -0.25) is 9.59 Å². The van der Waals surface area contributed by atoms with E-state index in [2.05, 4.69) is 17.6 Å². The number of alkyl carbamates (subject to hydrolysis) is 1. The predicted molar refractivity (Wildman–Crippen MR) is 160 cm³/mol. The summed E-state index contributed by atoms with van der Waals surface area (Å²) >= 11 is 0. The average molecular weight is 550 g/mol. The Labute approximate surface area is 240 Å². The highest BCUT2D eigenvalue weighted by Crippen LogP contribution is 2.42. The summed E-state index contributed by atoms with van der Waals surface area (Å²) in [7, 11) is 0. The fraction of sp³-hybridized carbons (Fsp3) is 0.545. The van der Waals surface area contributed by atoms with Gasteiger partial charge in [0.2, 0.25) is 5.91 Å². The van der Waals surface area contributed by atoms with Crippen LogP contribution in [0.3, 0.4) is 0 Å². The molecule has 1 aliphatic carbocycles. The van der Waals surface area contributed by atoms with Gasteiger partial charge < -0.3 is 20.3 Å². The third kappa shape index (κ3) is 7.86. The topological polar surface area (TPSA) is 87.7 Å². The SMILES string of the molecule is Cc1ccc(C(C(=O)Nc2c(C)cccc2C)N(C(=O)C(CC(C)C)NC(=O)OC(C)(C)C)C2CC2C)c(C)c1. The molecule has 0 radical (unpaired) electrons. The van der Waals surface area contributed by atoms with E-state index in [-0.39, 0.29) is 29.7 Å². The lowest BCUT2D eigenvalue weighted by Crippen LogP contribution is -2.54. The van der Waals surface area contributed by atoms with Crippen molar-refractivity contribution >= 4 is 23.6 Å². The zero-order valence-electron chi connectivity index (χ0n) is 25.8. The van der Waals surface area contributed by atoms with Crippen LogP contribution >= 0.6 is 0 Å². The summed E-state index contributed by atoms with van der Waals surface area (Å²) in [6.07, 6.45) is 0.580. The van der Waals surface area contributed by atoms with Crippen molar-refractivity contribution in [1.82, 2.24) is 10.2 Å². The van der Waals surface area contributed by atoms with E-state index < -0.39 is 23.8 Å². The van der Waals surface area contributed by atoms with Crippen molar-refractivity contribution in [1.29, 1.82) is 0 Å². The number of hydrogen-bond donors (Lipinski definition) is 2. The maximum atomic E-state index is 14.5. The number of nitrogens with zero attached hydrogens (tertiary/aromatic N) is 1. The number of anilines is 1. The molecule has 2 N–H and O–H groups in total. The number of ether oxygens (including phenoxy) is 1. The fourth-order valence-corrected chi connectivity index (χ4v) is 5.25. The molecular weight excluding hydrogens is 502 g/mol. The molecule has 0 bridgehead atoms. The summed E-state index contributed by atoms with van der Waals surface area (Å²) < 4.78 is 5.51. The van der Waals surface area contributed by atoms with E-state index in [0.717, 1.165) is 39.9 Å².